The topological polar surface area (TPSA) is 75.2 Å². The molecule has 1 aliphatic rings. The average Bonchev–Trinajstić information content (AvgIpc) is 2.71. The molecule has 0 spiro atoms. The molecule has 0 aliphatic carbocycles. The molecule has 1 fully saturated rings. The Morgan fingerprint density at radius 1 is 1.28 bits per heavy atom. The van der Waals surface area contributed by atoms with E-state index in [1.54, 1.807) is 11.9 Å². The number of amides is 1. The van der Waals surface area contributed by atoms with Crippen molar-refractivity contribution in [3.63, 3.8) is 0 Å². The van der Waals surface area contributed by atoms with Crippen molar-refractivity contribution in [2.24, 2.45) is 4.99 Å². The third-order valence-electron chi connectivity index (χ3n) is 4.78. The molecule has 0 atom stereocenters. The van der Waals surface area contributed by atoms with E-state index in [0.29, 0.717) is 44.8 Å². The molecule has 2 rings (SSSR count). The molecule has 2 N–H and O–H groups in total. The van der Waals surface area contributed by atoms with Gasteiger partial charge in [-0.05, 0) is 37.3 Å². The van der Waals surface area contributed by atoms with Gasteiger partial charge in [0.15, 0.2) is 5.96 Å². The Labute approximate surface area is 191 Å². The van der Waals surface area contributed by atoms with E-state index in [1.165, 1.54) is 5.56 Å². The summed E-state index contributed by atoms with van der Waals surface area (Å²) in [4.78, 5) is 17.8. The molecular formula is C21H35IN4O3. The fourth-order valence-corrected chi connectivity index (χ4v) is 3.23. The van der Waals surface area contributed by atoms with Crippen LogP contribution in [0.1, 0.15) is 45.1 Å². The minimum absolute atomic E-state index is 0. The fourth-order valence-electron chi connectivity index (χ4n) is 3.23. The second-order valence-corrected chi connectivity index (χ2v) is 7.14. The Morgan fingerprint density at radius 2 is 1.97 bits per heavy atom. The number of para-hydroxylation sites is 1. The molecule has 0 aromatic heterocycles. The number of likely N-dealkylation sites (tertiary alicyclic amines) is 1. The van der Waals surface area contributed by atoms with Crippen LogP contribution in [0.25, 0.3) is 0 Å². The second-order valence-electron chi connectivity index (χ2n) is 7.14. The number of ether oxygens (including phenoxy) is 2. The number of hydrogen-bond acceptors (Lipinski definition) is 4. The first kappa shape index (κ1) is 25.3. The lowest BCUT2D eigenvalue weighted by Crippen LogP contribution is -2.50. The van der Waals surface area contributed by atoms with Gasteiger partial charge in [-0.25, -0.2) is 4.79 Å². The molecule has 0 radical (unpaired) electrons. The van der Waals surface area contributed by atoms with E-state index in [9.17, 15) is 4.79 Å². The van der Waals surface area contributed by atoms with E-state index >= 15 is 0 Å². The highest BCUT2D eigenvalue weighted by atomic mass is 127. The molecule has 1 heterocycles. The van der Waals surface area contributed by atoms with E-state index < -0.39 is 0 Å². The Morgan fingerprint density at radius 3 is 2.59 bits per heavy atom. The zero-order valence-electron chi connectivity index (χ0n) is 17.9. The highest BCUT2D eigenvalue weighted by molar-refractivity contribution is 14.0. The van der Waals surface area contributed by atoms with Crippen LogP contribution in [0.15, 0.2) is 29.3 Å². The van der Waals surface area contributed by atoms with Gasteiger partial charge in [0.2, 0.25) is 0 Å². The van der Waals surface area contributed by atoms with Crippen molar-refractivity contribution < 1.29 is 14.3 Å². The maximum atomic E-state index is 11.8. The van der Waals surface area contributed by atoms with Crippen LogP contribution in [-0.2, 0) is 4.74 Å². The maximum Gasteiger partial charge on any atom is 0.409 e. The van der Waals surface area contributed by atoms with Crippen molar-refractivity contribution in [1.29, 1.82) is 0 Å². The lowest BCUT2D eigenvalue weighted by molar-refractivity contribution is 0.0963. The number of guanidine groups is 1. The van der Waals surface area contributed by atoms with E-state index in [0.717, 1.165) is 24.6 Å². The smallest absolute Gasteiger partial charge is 0.409 e. The Balaban J connectivity index is 0.00000420. The van der Waals surface area contributed by atoms with E-state index in [-0.39, 0.29) is 30.1 Å². The average molecular weight is 518 g/mol. The largest absolute Gasteiger partial charge is 0.491 e. The molecular weight excluding hydrogens is 483 g/mol. The number of rotatable bonds is 7. The summed E-state index contributed by atoms with van der Waals surface area (Å²) in [6.45, 7) is 9.19. The van der Waals surface area contributed by atoms with Crippen molar-refractivity contribution in [2.75, 3.05) is 39.9 Å². The first-order valence-electron chi connectivity index (χ1n) is 10.2. The minimum Gasteiger partial charge on any atom is -0.491 e. The van der Waals surface area contributed by atoms with Crippen LogP contribution >= 0.6 is 24.0 Å². The summed E-state index contributed by atoms with van der Waals surface area (Å²) >= 11 is 0. The molecule has 164 valence electrons. The van der Waals surface area contributed by atoms with Crippen LogP contribution in [0.2, 0.25) is 0 Å². The van der Waals surface area contributed by atoms with E-state index in [2.05, 4.69) is 35.5 Å². The van der Waals surface area contributed by atoms with E-state index in [4.69, 9.17) is 9.47 Å². The van der Waals surface area contributed by atoms with Crippen molar-refractivity contribution >= 4 is 36.0 Å². The molecule has 8 heteroatoms. The Bertz CT molecular complexity index is 647. The van der Waals surface area contributed by atoms with Gasteiger partial charge in [0.1, 0.15) is 12.4 Å². The minimum atomic E-state index is -0.220. The summed E-state index contributed by atoms with van der Waals surface area (Å²) in [7, 11) is 1.76. The summed E-state index contributed by atoms with van der Waals surface area (Å²) in [6, 6.07) is 8.45. The highest BCUT2D eigenvalue weighted by Gasteiger charge is 2.23. The first-order chi connectivity index (χ1) is 13.5. The molecule has 0 unspecified atom stereocenters. The summed E-state index contributed by atoms with van der Waals surface area (Å²) in [5.74, 6) is 2.13. The fraction of sp³-hybridized carbons (Fsp3) is 0.619. The second kappa shape index (κ2) is 13.5. The number of hydrogen-bond donors (Lipinski definition) is 2. The van der Waals surface area contributed by atoms with Crippen LogP contribution in [-0.4, -0.2) is 62.9 Å². The van der Waals surface area contributed by atoms with Crippen molar-refractivity contribution in [1.82, 2.24) is 15.5 Å². The van der Waals surface area contributed by atoms with Gasteiger partial charge in [-0.15, -0.1) is 24.0 Å². The van der Waals surface area contributed by atoms with Gasteiger partial charge in [0, 0.05) is 26.2 Å². The predicted molar refractivity (Wildman–Crippen MR) is 128 cm³/mol. The zero-order valence-corrected chi connectivity index (χ0v) is 20.3. The first-order valence-corrected chi connectivity index (χ1v) is 10.2. The molecule has 1 amide bonds. The summed E-state index contributed by atoms with van der Waals surface area (Å²) in [5, 5.41) is 6.73. The molecule has 1 aromatic rings. The normalized spacial score (nSPS) is 14.9. The number of piperidine rings is 1. The van der Waals surface area contributed by atoms with E-state index in [1.807, 2.05) is 25.1 Å². The van der Waals surface area contributed by atoms with Gasteiger partial charge in [0.25, 0.3) is 0 Å². The lowest BCUT2D eigenvalue weighted by Gasteiger charge is -2.32. The van der Waals surface area contributed by atoms with Gasteiger partial charge in [-0.3, -0.25) is 4.99 Å². The predicted octanol–water partition coefficient (Wildman–Crippen LogP) is 3.59. The van der Waals surface area contributed by atoms with Crippen LogP contribution in [0, 0.1) is 0 Å². The number of nitrogens with one attached hydrogen (secondary N) is 2. The van der Waals surface area contributed by atoms with Gasteiger partial charge in [-0.2, -0.15) is 0 Å². The SMILES string of the molecule is CCOC(=O)N1CCC(NC(=NC)NCCOc2ccccc2C(C)C)CC1.I. The highest BCUT2D eigenvalue weighted by Crippen LogP contribution is 2.25. The zero-order chi connectivity index (χ0) is 20.4. The maximum absolute atomic E-state index is 11.8. The van der Waals surface area contributed by atoms with Gasteiger partial charge < -0.3 is 25.0 Å². The molecule has 1 saturated heterocycles. The Hall–Kier alpha value is -1.71. The van der Waals surface area contributed by atoms with Crippen LogP contribution in [0.5, 0.6) is 5.75 Å². The van der Waals surface area contributed by atoms with Crippen molar-refractivity contribution in [3.05, 3.63) is 29.8 Å². The van der Waals surface area contributed by atoms with Gasteiger partial charge in [-0.1, -0.05) is 32.0 Å². The number of carbonyl (C=O) groups is 1. The molecule has 29 heavy (non-hydrogen) atoms. The molecule has 0 saturated carbocycles. The number of benzene rings is 1. The molecule has 0 bridgehead atoms. The number of nitrogens with zero attached hydrogens (tertiary/aromatic N) is 2. The third kappa shape index (κ3) is 8.28. The number of carbonyl (C=O) groups excluding carboxylic acids is 1. The third-order valence-corrected chi connectivity index (χ3v) is 4.78. The van der Waals surface area contributed by atoms with Crippen molar-refractivity contribution in [3.8, 4) is 5.75 Å². The van der Waals surface area contributed by atoms with Crippen LogP contribution < -0.4 is 15.4 Å². The summed E-state index contributed by atoms with van der Waals surface area (Å²) in [6.07, 6.45) is 1.53. The quantitative estimate of drug-likeness (QED) is 0.250. The summed E-state index contributed by atoms with van der Waals surface area (Å²) in [5.41, 5.74) is 1.22. The van der Waals surface area contributed by atoms with Gasteiger partial charge >= 0.3 is 6.09 Å². The van der Waals surface area contributed by atoms with Crippen molar-refractivity contribution in [2.45, 2.75) is 45.6 Å². The molecule has 1 aromatic carbocycles. The Kier molecular flexibility index (Phi) is 11.8. The van der Waals surface area contributed by atoms with Crippen LogP contribution in [0.3, 0.4) is 0 Å². The molecule has 7 nitrogen and oxygen atoms in total. The monoisotopic (exact) mass is 518 g/mol. The summed E-state index contributed by atoms with van der Waals surface area (Å²) < 4.78 is 11.0. The van der Waals surface area contributed by atoms with Gasteiger partial charge in [0.05, 0.1) is 13.2 Å². The number of aliphatic imine (C=N–C) groups is 1. The molecule has 1 aliphatic heterocycles. The standard InChI is InChI=1S/C21H34N4O3.HI/c1-5-27-21(26)25-13-10-17(11-14-25)24-20(22-4)23-12-15-28-19-9-7-6-8-18(19)16(2)3;/h6-9,16-17H,5,10-15H2,1-4H3,(H2,22,23,24);1H. The lowest BCUT2D eigenvalue weighted by atomic mass is 10.0. The van der Waals surface area contributed by atoms with Crippen LogP contribution in [0.4, 0.5) is 4.79 Å². The number of halogens is 1.